The van der Waals surface area contributed by atoms with Gasteiger partial charge in [0, 0.05) is 10.8 Å². The molecule has 13 heteroatoms. The largest absolute Gasteiger partial charge is 1.00 e. The predicted octanol–water partition coefficient (Wildman–Crippen LogP) is -1.06. The van der Waals surface area contributed by atoms with E-state index in [1.165, 1.54) is 6.92 Å². The third kappa shape index (κ3) is 5.23. The number of halogens is 3. The van der Waals surface area contributed by atoms with Gasteiger partial charge in [0.15, 0.2) is 5.82 Å². The molecule has 0 aliphatic carbocycles. The molecule has 2 rings (SSSR count). The molecule has 0 aliphatic heterocycles. The molecule has 0 radical (unpaired) electrons. The van der Waals surface area contributed by atoms with Gasteiger partial charge in [0.05, 0.1) is 23.2 Å². The minimum atomic E-state index is -3.78. The Morgan fingerprint density at radius 1 is 1.32 bits per heavy atom. The number of nitrogens with zero attached hydrogens (tertiary/aromatic N) is 5. The molecule has 2 aromatic rings. The number of benzene rings is 1. The zero-order valence-electron chi connectivity index (χ0n) is 13.5. The fourth-order valence-corrected chi connectivity index (χ4v) is 2.57. The summed E-state index contributed by atoms with van der Waals surface area (Å²) in [4.78, 5) is 12.1. The summed E-state index contributed by atoms with van der Waals surface area (Å²) in [7, 11) is -3.78. The third-order valence-electron chi connectivity index (χ3n) is 2.99. The molecule has 0 saturated carbocycles. The zero-order chi connectivity index (χ0) is 17.9. The predicted molar refractivity (Wildman–Crippen MR) is 83.7 cm³/mol. The molecule has 1 heterocycles. The van der Waals surface area contributed by atoms with Crippen LogP contribution in [0.1, 0.15) is 13.3 Å². The van der Waals surface area contributed by atoms with Gasteiger partial charge in [0.1, 0.15) is 5.69 Å². The Balaban J connectivity index is 0.00000312. The molecule has 0 spiro atoms. The van der Waals surface area contributed by atoms with Crippen LogP contribution in [0.5, 0.6) is 0 Å². The van der Waals surface area contributed by atoms with Gasteiger partial charge < -0.3 is 4.72 Å². The number of alkyl halides is 1. The van der Waals surface area contributed by atoms with Crippen molar-refractivity contribution in [1.29, 1.82) is 0 Å². The Morgan fingerprint density at radius 2 is 2.00 bits per heavy atom. The number of aromatic nitrogens is 4. The Labute approximate surface area is 169 Å². The van der Waals surface area contributed by atoms with Crippen molar-refractivity contribution in [3.63, 3.8) is 0 Å². The maximum Gasteiger partial charge on any atom is 1.00 e. The van der Waals surface area contributed by atoms with Gasteiger partial charge in [0.25, 0.3) is 0 Å². The van der Waals surface area contributed by atoms with E-state index in [-0.39, 0.29) is 64.7 Å². The Bertz CT molecular complexity index is 903. The minimum absolute atomic E-state index is 0. The first-order valence-electron chi connectivity index (χ1n) is 6.83. The molecule has 0 saturated heterocycles. The minimum Gasteiger partial charge on any atom is -0.576 e. The topological polar surface area (TPSA) is 101 Å². The van der Waals surface area contributed by atoms with E-state index in [4.69, 9.17) is 11.6 Å². The van der Waals surface area contributed by atoms with Crippen LogP contribution in [0.15, 0.2) is 16.9 Å². The molecule has 0 atom stereocenters. The summed E-state index contributed by atoms with van der Waals surface area (Å²) >= 11 is 5.80. The molecule has 0 unspecified atom stereocenters. The summed E-state index contributed by atoms with van der Waals surface area (Å²) in [5, 5.41) is 6.79. The maximum atomic E-state index is 14.1. The molecular weight excluding hydrogens is 391 g/mol. The normalized spacial score (nSPS) is 11.2. The molecule has 132 valence electrons. The molecule has 0 bridgehead atoms. The molecule has 25 heavy (non-hydrogen) atoms. The monoisotopic (exact) mass is 403 g/mol. The van der Waals surface area contributed by atoms with E-state index in [9.17, 15) is 22.0 Å². The van der Waals surface area contributed by atoms with Crippen LogP contribution in [0.2, 0.25) is 5.02 Å². The Kier molecular flexibility index (Phi) is 8.00. The molecule has 1 aromatic heterocycles. The van der Waals surface area contributed by atoms with E-state index in [1.807, 2.05) is 0 Å². The van der Waals surface area contributed by atoms with Crippen LogP contribution in [0, 0.1) is 5.82 Å². The average Bonchev–Trinajstić information content (AvgIpc) is 2.89. The van der Waals surface area contributed by atoms with Gasteiger partial charge in [0.2, 0.25) is 0 Å². The summed E-state index contributed by atoms with van der Waals surface area (Å²) in [5.74, 6) is -1.18. The van der Waals surface area contributed by atoms with Crippen LogP contribution >= 0.6 is 11.6 Å². The van der Waals surface area contributed by atoms with Crippen molar-refractivity contribution in [2.24, 2.45) is 0 Å². The SMILES string of the molecule is CCS(=O)(=O)[N-]c1cc(-n2nnn(CCCF)c2=O)c(F)cc1Cl.[Na+]. The van der Waals surface area contributed by atoms with Crippen molar-refractivity contribution < 1.29 is 46.8 Å². The van der Waals surface area contributed by atoms with E-state index in [0.717, 1.165) is 16.8 Å². The smallest absolute Gasteiger partial charge is 0.576 e. The maximum absolute atomic E-state index is 14.1. The Morgan fingerprint density at radius 3 is 2.60 bits per heavy atom. The van der Waals surface area contributed by atoms with E-state index in [2.05, 4.69) is 15.1 Å². The van der Waals surface area contributed by atoms with Crippen molar-refractivity contribution in [1.82, 2.24) is 19.8 Å². The van der Waals surface area contributed by atoms with Gasteiger partial charge in [-0.05, 0) is 29.0 Å². The van der Waals surface area contributed by atoms with Gasteiger partial charge in [-0.3, -0.25) is 4.39 Å². The van der Waals surface area contributed by atoms with Crippen LogP contribution in [0.4, 0.5) is 14.5 Å². The number of sulfonamides is 1. The van der Waals surface area contributed by atoms with Gasteiger partial charge >= 0.3 is 35.2 Å². The third-order valence-corrected chi connectivity index (χ3v) is 4.50. The second-order valence-corrected chi connectivity index (χ2v) is 6.99. The van der Waals surface area contributed by atoms with Crippen molar-refractivity contribution in [2.75, 3.05) is 12.4 Å². The van der Waals surface area contributed by atoms with Crippen LogP contribution in [-0.4, -0.2) is 40.6 Å². The molecule has 0 fully saturated rings. The van der Waals surface area contributed by atoms with Gasteiger partial charge in [-0.15, -0.1) is 5.69 Å². The van der Waals surface area contributed by atoms with Gasteiger partial charge in [-0.25, -0.2) is 17.6 Å². The number of hydrogen-bond acceptors (Lipinski definition) is 5. The summed E-state index contributed by atoms with van der Waals surface area (Å²) in [6.45, 7) is 0.719. The van der Waals surface area contributed by atoms with Crippen molar-refractivity contribution in [3.05, 3.63) is 38.2 Å². The number of rotatable bonds is 7. The number of hydrogen-bond donors (Lipinski definition) is 0. The first-order chi connectivity index (χ1) is 11.3. The second-order valence-electron chi connectivity index (χ2n) is 4.66. The summed E-state index contributed by atoms with van der Waals surface area (Å²) < 4.78 is 54.4. The molecule has 8 nitrogen and oxygen atoms in total. The molecule has 0 N–H and O–H groups in total. The summed E-state index contributed by atoms with van der Waals surface area (Å²) in [5.41, 5.74) is -1.38. The molecular formula is C12H13ClF2N5NaO3S. The van der Waals surface area contributed by atoms with E-state index >= 15 is 0 Å². The van der Waals surface area contributed by atoms with Crippen LogP contribution in [0.25, 0.3) is 10.4 Å². The summed E-state index contributed by atoms with van der Waals surface area (Å²) in [6.07, 6.45) is 0.0526. The quantitative estimate of drug-likeness (QED) is 0.548. The van der Waals surface area contributed by atoms with E-state index in [1.54, 1.807) is 0 Å². The Hall–Kier alpha value is -1.01. The van der Waals surface area contributed by atoms with E-state index in [0.29, 0.717) is 4.68 Å². The standard InChI is InChI=1S/C12H13ClF2N5O3S.Na/c1-2-24(22,23)16-10-7-11(9(15)6-8(10)13)20-12(21)19(17-18-20)5-3-4-14;/h6-7H,2-5H2,1H3;/q-1;+1. The van der Waals surface area contributed by atoms with Crippen LogP contribution < -0.4 is 35.2 Å². The number of tetrazole rings is 1. The van der Waals surface area contributed by atoms with Crippen LogP contribution in [-0.2, 0) is 16.6 Å². The average molecular weight is 404 g/mol. The summed E-state index contributed by atoms with van der Waals surface area (Å²) in [6, 6.07) is 1.81. The molecule has 1 aromatic carbocycles. The van der Waals surface area contributed by atoms with Gasteiger partial charge in [-0.2, -0.15) is 9.36 Å². The van der Waals surface area contributed by atoms with Gasteiger partial charge in [-0.1, -0.05) is 18.5 Å². The van der Waals surface area contributed by atoms with E-state index < -0.39 is 28.2 Å². The molecule has 0 aliphatic rings. The fourth-order valence-electron chi connectivity index (χ4n) is 1.75. The van der Waals surface area contributed by atoms with Crippen molar-refractivity contribution in [2.45, 2.75) is 19.9 Å². The van der Waals surface area contributed by atoms with Crippen molar-refractivity contribution in [3.8, 4) is 5.69 Å². The fraction of sp³-hybridized carbons (Fsp3) is 0.417. The first-order valence-corrected chi connectivity index (χ1v) is 8.81. The number of aryl methyl sites for hydroxylation is 1. The zero-order valence-corrected chi connectivity index (χ0v) is 17.1. The van der Waals surface area contributed by atoms with Crippen molar-refractivity contribution >= 4 is 27.3 Å². The second kappa shape index (κ2) is 9.08. The van der Waals surface area contributed by atoms with Crippen LogP contribution in [0.3, 0.4) is 0 Å². The molecule has 0 amide bonds. The first kappa shape index (κ1) is 22.0.